The maximum atomic E-state index is 10.7. The third-order valence-electron chi connectivity index (χ3n) is 1.52. The molecule has 0 aliphatic heterocycles. The molecule has 4 heteroatoms. The average molecular weight is 202 g/mol. The predicted molar refractivity (Wildman–Crippen MR) is 51.5 cm³/mol. The molecule has 1 aromatic carbocycles. The second kappa shape index (κ2) is 3.94. The molecule has 0 heterocycles. The number of carbonyl (C=O) groups excluding carboxylic acids is 1. The standard InChI is InChI=1S/C8H8ClNOS/c9-8(11)7(10)5-3-1-2-4-6(5)12/h1-4,7,12H,10H2. The Morgan fingerprint density at radius 2 is 2.08 bits per heavy atom. The Kier molecular flexibility index (Phi) is 3.14. The van der Waals surface area contributed by atoms with E-state index in [2.05, 4.69) is 12.6 Å². The van der Waals surface area contributed by atoms with Gasteiger partial charge >= 0.3 is 0 Å². The lowest BCUT2D eigenvalue weighted by atomic mass is 10.1. The highest BCUT2D eigenvalue weighted by Gasteiger charge is 2.14. The van der Waals surface area contributed by atoms with E-state index >= 15 is 0 Å². The van der Waals surface area contributed by atoms with Crippen LogP contribution in [0.5, 0.6) is 0 Å². The highest BCUT2D eigenvalue weighted by Crippen LogP contribution is 2.20. The largest absolute Gasteiger partial charge is 0.317 e. The lowest BCUT2D eigenvalue weighted by Crippen LogP contribution is -2.17. The minimum Gasteiger partial charge on any atom is -0.317 e. The van der Waals surface area contributed by atoms with Gasteiger partial charge in [-0.05, 0) is 23.2 Å². The van der Waals surface area contributed by atoms with Crippen LogP contribution < -0.4 is 5.73 Å². The van der Waals surface area contributed by atoms with E-state index in [1.165, 1.54) is 0 Å². The third-order valence-corrected chi connectivity index (χ3v) is 2.16. The Balaban J connectivity index is 3.02. The molecular weight excluding hydrogens is 194 g/mol. The second-order valence-corrected chi connectivity index (χ2v) is 3.19. The maximum absolute atomic E-state index is 10.7. The van der Waals surface area contributed by atoms with Gasteiger partial charge in [-0.2, -0.15) is 0 Å². The smallest absolute Gasteiger partial charge is 0.242 e. The molecule has 1 atom stereocenters. The van der Waals surface area contributed by atoms with Crippen molar-refractivity contribution in [1.82, 2.24) is 0 Å². The normalized spacial score (nSPS) is 12.6. The van der Waals surface area contributed by atoms with Gasteiger partial charge in [-0.1, -0.05) is 18.2 Å². The van der Waals surface area contributed by atoms with E-state index in [4.69, 9.17) is 17.3 Å². The molecule has 2 nitrogen and oxygen atoms in total. The van der Waals surface area contributed by atoms with Crippen molar-refractivity contribution in [2.75, 3.05) is 0 Å². The molecule has 0 radical (unpaired) electrons. The molecule has 12 heavy (non-hydrogen) atoms. The van der Waals surface area contributed by atoms with Crippen molar-refractivity contribution in [1.29, 1.82) is 0 Å². The topological polar surface area (TPSA) is 43.1 Å². The summed E-state index contributed by atoms with van der Waals surface area (Å²) in [5.41, 5.74) is 6.16. The summed E-state index contributed by atoms with van der Waals surface area (Å²) in [4.78, 5) is 11.4. The van der Waals surface area contributed by atoms with Crippen LogP contribution >= 0.6 is 24.2 Å². The first-order chi connectivity index (χ1) is 5.63. The molecule has 0 spiro atoms. The van der Waals surface area contributed by atoms with Crippen LogP contribution in [0.15, 0.2) is 29.2 Å². The molecule has 1 unspecified atom stereocenters. The summed E-state index contributed by atoms with van der Waals surface area (Å²) < 4.78 is 0. The Hall–Kier alpha value is -0.510. The van der Waals surface area contributed by atoms with Crippen LogP contribution in [0, 0.1) is 0 Å². The van der Waals surface area contributed by atoms with Crippen LogP contribution in [-0.4, -0.2) is 5.24 Å². The van der Waals surface area contributed by atoms with Crippen LogP contribution in [0.2, 0.25) is 0 Å². The van der Waals surface area contributed by atoms with Crippen LogP contribution in [0.4, 0.5) is 0 Å². The van der Waals surface area contributed by atoms with Gasteiger partial charge in [0, 0.05) is 4.90 Å². The molecule has 0 saturated heterocycles. The number of nitrogens with two attached hydrogens (primary N) is 1. The number of hydrogen-bond acceptors (Lipinski definition) is 3. The summed E-state index contributed by atoms with van der Waals surface area (Å²) in [6.45, 7) is 0. The zero-order valence-electron chi connectivity index (χ0n) is 6.20. The van der Waals surface area contributed by atoms with E-state index in [1.807, 2.05) is 6.07 Å². The van der Waals surface area contributed by atoms with Gasteiger partial charge < -0.3 is 5.73 Å². The summed E-state index contributed by atoms with van der Waals surface area (Å²) in [6.07, 6.45) is 0. The van der Waals surface area contributed by atoms with Crippen molar-refractivity contribution in [2.24, 2.45) is 5.73 Å². The van der Waals surface area contributed by atoms with E-state index < -0.39 is 11.3 Å². The van der Waals surface area contributed by atoms with E-state index in [1.54, 1.807) is 18.2 Å². The van der Waals surface area contributed by atoms with Gasteiger partial charge in [0.2, 0.25) is 5.24 Å². The first kappa shape index (κ1) is 9.58. The van der Waals surface area contributed by atoms with Gasteiger partial charge in [0.15, 0.2) is 0 Å². The average Bonchev–Trinajstić information content (AvgIpc) is 2.04. The molecule has 0 bridgehead atoms. The first-order valence-corrected chi connectivity index (χ1v) is 4.18. The molecule has 0 aliphatic carbocycles. The fraction of sp³-hybridized carbons (Fsp3) is 0.125. The van der Waals surface area contributed by atoms with Crippen molar-refractivity contribution in [3.05, 3.63) is 29.8 Å². The summed E-state index contributed by atoms with van der Waals surface area (Å²) in [6, 6.07) is 6.32. The molecule has 1 aromatic rings. The first-order valence-electron chi connectivity index (χ1n) is 3.35. The number of rotatable bonds is 2. The van der Waals surface area contributed by atoms with Crippen LogP contribution in [0.3, 0.4) is 0 Å². The fourth-order valence-electron chi connectivity index (χ4n) is 0.873. The van der Waals surface area contributed by atoms with Crippen molar-refractivity contribution in [3.63, 3.8) is 0 Å². The Morgan fingerprint density at radius 1 is 1.50 bits per heavy atom. The fourth-order valence-corrected chi connectivity index (χ4v) is 1.29. The molecule has 0 amide bonds. The Morgan fingerprint density at radius 3 is 2.58 bits per heavy atom. The molecular formula is C8H8ClNOS. The van der Waals surface area contributed by atoms with Crippen LogP contribution in [0.1, 0.15) is 11.6 Å². The summed E-state index contributed by atoms with van der Waals surface area (Å²) in [7, 11) is 0. The zero-order valence-corrected chi connectivity index (χ0v) is 7.85. The highest BCUT2D eigenvalue weighted by molar-refractivity contribution is 7.80. The zero-order chi connectivity index (χ0) is 9.14. The summed E-state index contributed by atoms with van der Waals surface area (Å²) >= 11 is 9.38. The van der Waals surface area contributed by atoms with Crippen LogP contribution in [-0.2, 0) is 4.79 Å². The van der Waals surface area contributed by atoms with E-state index in [0.29, 0.717) is 10.5 Å². The Bertz CT molecular complexity index is 303. The van der Waals surface area contributed by atoms with Crippen molar-refractivity contribution in [2.45, 2.75) is 10.9 Å². The Labute approximate surface area is 81.1 Å². The number of halogens is 1. The van der Waals surface area contributed by atoms with Gasteiger partial charge in [0.05, 0.1) is 0 Å². The predicted octanol–water partition coefficient (Wildman–Crippen LogP) is 1.74. The van der Waals surface area contributed by atoms with Gasteiger partial charge in [-0.3, -0.25) is 4.79 Å². The molecule has 0 aromatic heterocycles. The molecule has 0 fully saturated rings. The van der Waals surface area contributed by atoms with Crippen LogP contribution in [0.25, 0.3) is 0 Å². The minimum absolute atomic E-state index is 0.573. The third kappa shape index (κ3) is 2.00. The number of hydrogen-bond donors (Lipinski definition) is 2. The van der Waals surface area contributed by atoms with Crippen molar-refractivity contribution < 1.29 is 4.79 Å². The van der Waals surface area contributed by atoms with E-state index in [9.17, 15) is 4.79 Å². The van der Waals surface area contributed by atoms with Crippen molar-refractivity contribution >= 4 is 29.5 Å². The van der Waals surface area contributed by atoms with Gasteiger partial charge in [0.25, 0.3) is 0 Å². The van der Waals surface area contributed by atoms with E-state index in [0.717, 1.165) is 0 Å². The lowest BCUT2D eigenvalue weighted by Gasteiger charge is -2.08. The molecule has 0 saturated carbocycles. The quantitative estimate of drug-likeness (QED) is 0.566. The monoisotopic (exact) mass is 201 g/mol. The highest BCUT2D eigenvalue weighted by atomic mass is 35.5. The van der Waals surface area contributed by atoms with E-state index in [-0.39, 0.29) is 0 Å². The lowest BCUT2D eigenvalue weighted by molar-refractivity contribution is -0.112. The molecule has 64 valence electrons. The molecule has 2 N–H and O–H groups in total. The molecule has 1 rings (SSSR count). The SMILES string of the molecule is NC(C(=O)Cl)c1ccccc1S. The van der Waals surface area contributed by atoms with Gasteiger partial charge in [-0.15, -0.1) is 12.6 Å². The van der Waals surface area contributed by atoms with Gasteiger partial charge in [0.1, 0.15) is 6.04 Å². The minimum atomic E-state index is -0.777. The summed E-state index contributed by atoms with van der Waals surface area (Å²) in [5, 5.41) is -0.573. The number of carbonyl (C=O) groups is 1. The van der Waals surface area contributed by atoms with Gasteiger partial charge in [-0.25, -0.2) is 0 Å². The summed E-state index contributed by atoms with van der Waals surface area (Å²) in [5.74, 6) is 0. The number of thiol groups is 1. The molecule has 0 aliphatic rings. The number of benzene rings is 1. The second-order valence-electron chi connectivity index (χ2n) is 2.34. The maximum Gasteiger partial charge on any atom is 0.242 e. The van der Waals surface area contributed by atoms with Crippen molar-refractivity contribution in [3.8, 4) is 0 Å².